The molecule has 1 N–H and O–H groups in total. The fourth-order valence-corrected chi connectivity index (χ4v) is 3.12. The number of hydrogen-bond acceptors (Lipinski definition) is 2. The first-order chi connectivity index (χ1) is 11.2. The fourth-order valence-electron chi connectivity index (χ4n) is 3.12. The number of carbonyl (C=O) groups is 1. The van der Waals surface area contributed by atoms with Gasteiger partial charge in [0.25, 0.3) is 0 Å². The molecule has 5 nitrogen and oxygen atoms in total. The van der Waals surface area contributed by atoms with Crippen LogP contribution in [0.3, 0.4) is 0 Å². The molecular formula is C18H24N4O. The van der Waals surface area contributed by atoms with Gasteiger partial charge in [-0.25, -0.2) is 9.48 Å². The molecule has 1 aromatic carbocycles. The van der Waals surface area contributed by atoms with Gasteiger partial charge >= 0.3 is 6.03 Å². The normalized spacial score (nSPS) is 15.3. The topological polar surface area (TPSA) is 50.2 Å². The zero-order chi connectivity index (χ0) is 16.1. The van der Waals surface area contributed by atoms with Gasteiger partial charge in [-0.05, 0) is 36.6 Å². The standard InChI is InChI=1S/C18H24N4O/c1-21(16-6-3-2-4-7-16)18(23)19-14-15-8-10-17(11-9-15)22-13-5-12-20-22/h5,8-13,16H,2-4,6-7,14H2,1H3,(H,19,23). The van der Waals surface area contributed by atoms with Crippen LogP contribution in [0.2, 0.25) is 0 Å². The van der Waals surface area contributed by atoms with Crippen molar-refractivity contribution >= 4 is 6.03 Å². The molecule has 122 valence electrons. The van der Waals surface area contributed by atoms with Crippen LogP contribution in [0.4, 0.5) is 4.79 Å². The summed E-state index contributed by atoms with van der Waals surface area (Å²) in [6.45, 7) is 0.551. The maximum atomic E-state index is 12.3. The van der Waals surface area contributed by atoms with Crippen LogP contribution in [0.5, 0.6) is 0 Å². The van der Waals surface area contributed by atoms with Gasteiger partial charge < -0.3 is 10.2 Å². The molecule has 0 atom stereocenters. The minimum atomic E-state index is 0.0213. The van der Waals surface area contributed by atoms with E-state index in [4.69, 9.17) is 0 Å². The molecule has 1 saturated carbocycles. The molecule has 2 aromatic rings. The molecular weight excluding hydrogens is 288 g/mol. The lowest BCUT2D eigenvalue weighted by Crippen LogP contribution is -2.44. The lowest BCUT2D eigenvalue weighted by Gasteiger charge is -2.31. The van der Waals surface area contributed by atoms with Crippen molar-refractivity contribution in [2.24, 2.45) is 0 Å². The summed E-state index contributed by atoms with van der Waals surface area (Å²) in [6.07, 6.45) is 9.69. The molecule has 0 spiro atoms. The van der Waals surface area contributed by atoms with Gasteiger partial charge in [-0.2, -0.15) is 5.10 Å². The van der Waals surface area contributed by atoms with Crippen molar-refractivity contribution in [3.63, 3.8) is 0 Å². The second-order valence-corrected chi connectivity index (χ2v) is 6.18. The number of urea groups is 1. The summed E-state index contributed by atoms with van der Waals surface area (Å²) in [7, 11) is 1.91. The first-order valence-electron chi connectivity index (χ1n) is 8.33. The number of rotatable bonds is 4. The van der Waals surface area contributed by atoms with E-state index in [-0.39, 0.29) is 6.03 Å². The molecule has 1 heterocycles. The van der Waals surface area contributed by atoms with Crippen molar-refractivity contribution in [1.82, 2.24) is 20.0 Å². The highest BCUT2D eigenvalue weighted by atomic mass is 16.2. The van der Waals surface area contributed by atoms with Gasteiger partial charge in [0.2, 0.25) is 0 Å². The third-order valence-electron chi connectivity index (χ3n) is 4.59. The summed E-state index contributed by atoms with van der Waals surface area (Å²) in [5.41, 5.74) is 2.11. The van der Waals surface area contributed by atoms with E-state index in [9.17, 15) is 4.79 Å². The first-order valence-corrected chi connectivity index (χ1v) is 8.33. The van der Waals surface area contributed by atoms with Crippen molar-refractivity contribution in [3.8, 4) is 5.69 Å². The quantitative estimate of drug-likeness (QED) is 0.941. The van der Waals surface area contributed by atoms with E-state index in [1.807, 2.05) is 53.2 Å². The molecule has 0 aliphatic heterocycles. The summed E-state index contributed by atoms with van der Waals surface area (Å²) >= 11 is 0. The number of aromatic nitrogens is 2. The monoisotopic (exact) mass is 312 g/mol. The predicted octanol–water partition coefficient (Wildman–Crippen LogP) is 3.35. The average Bonchev–Trinajstić information content (AvgIpc) is 3.15. The maximum Gasteiger partial charge on any atom is 0.317 e. The smallest absolute Gasteiger partial charge is 0.317 e. The van der Waals surface area contributed by atoms with Crippen LogP contribution in [-0.2, 0) is 6.54 Å². The molecule has 1 fully saturated rings. The van der Waals surface area contributed by atoms with Gasteiger partial charge in [-0.1, -0.05) is 31.4 Å². The van der Waals surface area contributed by atoms with Gasteiger partial charge in [-0.15, -0.1) is 0 Å². The van der Waals surface area contributed by atoms with Crippen LogP contribution < -0.4 is 5.32 Å². The van der Waals surface area contributed by atoms with E-state index in [1.165, 1.54) is 19.3 Å². The highest BCUT2D eigenvalue weighted by Gasteiger charge is 2.21. The third kappa shape index (κ3) is 3.92. The SMILES string of the molecule is CN(C(=O)NCc1ccc(-n2cccn2)cc1)C1CCCCC1. The molecule has 3 rings (SSSR count). The number of carbonyl (C=O) groups excluding carboxylic acids is 1. The summed E-state index contributed by atoms with van der Waals surface area (Å²) < 4.78 is 1.82. The van der Waals surface area contributed by atoms with Crippen molar-refractivity contribution in [2.45, 2.75) is 44.7 Å². The first kappa shape index (κ1) is 15.6. The highest BCUT2D eigenvalue weighted by Crippen LogP contribution is 2.21. The molecule has 1 aromatic heterocycles. The Hall–Kier alpha value is -2.30. The second-order valence-electron chi connectivity index (χ2n) is 6.18. The molecule has 5 heteroatoms. The number of benzene rings is 1. The number of nitrogens with one attached hydrogen (secondary N) is 1. The Morgan fingerprint density at radius 3 is 2.65 bits per heavy atom. The molecule has 0 bridgehead atoms. The van der Waals surface area contributed by atoms with Gasteiger partial charge in [-0.3, -0.25) is 0 Å². The van der Waals surface area contributed by atoms with E-state index in [2.05, 4.69) is 10.4 Å². The van der Waals surface area contributed by atoms with Gasteiger partial charge in [0, 0.05) is 32.0 Å². The minimum absolute atomic E-state index is 0.0213. The van der Waals surface area contributed by atoms with E-state index in [0.717, 1.165) is 24.1 Å². The Morgan fingerprint density at radius 2 is 2.00 bits per heavy atom. The van der Waals surface area contributed by atoms with Crippen molar-refractivity contribution in [2.75, 3.05) is 7.05 Å². The summed E-state index contributed by atoms with van der Waals surface area (Å²) in [4.78, 5) is 14.1. The largest absolute Gasteiger partial charge is 0.334 e. The summed E-state index contributed by atoms with van der Waals surface area (Å²) in [6, 6.07) is 10.4. The highest BCUT2D eigenvalue weighted by molar-refractivity contribution is 5.74. The second kappa shape index (κ2) is 7.31. The maximum absolute atomic E-state index is 12.3. The Kier molecular flexibility index (Phi) is 4.95. The van der Waals surface area contributed by atoms with E-state index >= 15 is 0 Å². The fraction of sp³-hybridized carbons (Fsp3) is 0.444. The Labute approximate surface area is 137 Å². The summed E-state index contributed by atoms with van der Waals surface area (Å²) in [5.74, 6) is 0. The Bertz CT molecular complexity index is 615. The lowest BCUT2D eigenvalue weighted by molar-refractivity contribution is 0.173. The zero-order valence-corrected chi connectivity index (χ0v) is 13.6. The summed E-state index contributed by atoms with van der Waals surface area (Å²) in [5, 5.41) is 7.22. The molecule has 1 aliphatic rings. The van der Waals surface area contributed by atoms with Crippen molar-refractivity contribution in [1.29, 1.82) is 0 Å². The Morgan fingerprint density at radius 1 is 1.26 bits per heavy atom. The molecule has 1 aliphatic carbocycles. The molecule has 0 unspecified atom stereocenters. The molecule has 2 amide bonds. The van der Waals surface area contributed by atoms with E-state index < -0.39 is 0 Å². The van der Waals surface area contributed by atoms with E-state index in [1.54, 1.807) is 6.20 Å². The van der Waals surface area contributed by atoms with Crippen LogP contribution in [-0.4, -0.2) is 33.8 Å². The van der Waals surface area contributed by atoms with E-state index in [0.29, 0.717) is 12.6 Å². The van der Waals surface area contributed by atoms with Crippen LogP contribution >= 0.6 is 0 Å². The lowest BCUT2D eigenvalue weighted by atomic mass is 9.95. The van der Waals surface area contributed by atoms with Gasteiger partial charge in [0.05, 0.1) is 5.69 Å². The third-order valence-corrected chi connectivity index (χ3v) is 4.59. The van der Waals surface area contributed by atoms with Gasteiger partial charge in [0.15, 0.2) is 0 Å². The minimum Gasteiger partial charge on any atom is -0.334 e. The molecule has 0 radical (unpaired) electrons. The Balaban J connectivity index is 1.52. The van der Waals surface area contributed by atoms with Crippen LogP contribution in [0.25, 0.3) is 5.69 Å². The average molecular weight is 312 g/mol. The number of hydrogen-bond donors (Lipinski definition) is 1. The zero-order valence-electron chi connectivity index (χ0n) is 13.6. The van der Waals surface area contributed by atoms with Crippen LogP contribution in [0.1, 0.15) is 37.7 Å². The predicted molar refractivity (Wildman–Crippen MR) is 90.4 cm³/mol. The molecule has 0 saturated heterocycles. The van der Waals surface area contributed by atoms with Crippen LogP contribution in [0, 0.1) is 0 Å². The van der Waals surface area contributed by atoms with Crippen molar-refractivity contribution in [3.05, 3.63) is 48.3 Å². The van der Waals surface area contributed by atoms with Crippen molar-refractivity contribution < 1.29 is 4.79 Å². The number of amides is 2. The van der Waals surface area contributed by atoms with Crippen LogP contribution in [0.15, 0.2) is 42.7 Å². The molecule has 23 heavy (non-hydrogen) atoms. The van der Waals surface area contributed by atoms with Gasteiger partial charge in [0.1, 0.15) is 0 Å². The number of nitrogens with zero attached hydrogens (tertiary/aromatic N) is 3.